The van der Waals surface area contributed by atoms with Gasteiger partial charge >= 0.3 is 11.6 Å². The smallest absolute Gasteiger partial charge is 0.371 e. The summed E-state index contributed by atoms with van der Waals surface area (Å²) in [5.41, 5.74) is 1.19. The number of aliphatic hydroxyl groups is 1. The highest BCUT2D eigenvalue weighted by atomic mass is 16.3. The van der Waals surface area contributed by atoms with Crippen molar-refractivity contribution in [2.75, 3.05) is 13.1 Å². The summed E-state index contributed by atoms with van der Waals surface area (Å²) >= 11 is 0. The van der Waals surface area contributed by atoms with Crippen molar-refractivity contribution in [2.24, 2.45) is 0 Å². The third-order valence-corrected chi connectivity index (χ3v) is 6.14. The fraction of sp³-hybridized carbons (Fsp3) is 0.304. The number of rotatable bonds is 3. The number of hydrogen-bond acceptors (Lipinski definition) is 8. The van der Waals surface area contributed by atoms with Crippen LogP contribution in [0.1, 0.15) is 25.8 Å². The van der Waals surface area contributed by atoms with Gasteiger partial charge in [-0.15, -0.1) is 6.57 Å². The molecule has 4 aromatic heterocycles. The number of H-pyrrole nitrogens is 1. The summed E-state index contributed by atoms with van der Waals surface area (Å²) < 4.78 is 1.53. The number of hydrogen-bond donors (Lipinski definition) is 2. The number of carbonyl (C=O) groups excluding carboxylic acids is 1. The molecule has 0 spiro atoms. The standard InChI is InChI=1S/C23H20N8O4/c1-12(32)21(34)30-7-5-14(6-8-30)31-19-15(20(33)29-23(31)35)11-25-17-4-3-16(28-18(17)19)13-9-26-22(24-2)27-10-13/h3-4,9-12,14,32H,5-8H2,1H3,(H,29,33,35)/t12-/m0/s1. The minimum atomic E-state index is -1.09. The lowest BCUT2D eigenvalue weighted by molar-refractivity contribution is -0.140. The van der Waals surface area contributed by atoms with Crippen LogP contribution in [0.4, 0.5) is 5.95 Å². The number of fused-ring (bicyclic) bond motifs is 3. The van der Waals surface area contributed by atoms with Crippen molar-refractivity contribution < 1.29 is 9.90 Å². The Morgan fingerprint density at radius 1 is 1.17 bits per heavy atom. The largest absolute Gasteiger partial charge is 0.394 e. The van der Waals surface area contributed by atoms with Crippen molar-refractivity contribution in [1.29, 1.82) is 0 Å². The van der Waals surface area contributed by atoms with Crippen molar-refractivity contribution >= 4 is 33.8 Å². The average Bonchev–Trinajstić information content (AvgIpc) is 2.88. The second-order valence-electron chi connectivity index (χ2n) is 8.33. The van der Waals surface area contributed by atoms with Crippen LogP contribution in [0.5, 0.6) is 0 Å². The summed E-state index contributed by atoms with van der Waals surface area (Å²) in [5, 5.41) is 9.84. The number of pyridine rings is 2. The summed E-state index contributed by atoms with van der Waals surface area (Å²) in [6, 6.07) is 3.17. The van der Waals surface area contributed by atoms with Crippen LogP contribution < -0.4 is 11.2 Å². The molecule has 1 aliphatic heterocycles. The summed E-state index contributed by atoms with van der Waals surface area (Å²) in [5.74, 6) is -0.336. The van der Waals surface area contributed by atoms with Crippen molar-refractivity contribution in [3.63, 3.8) is 0 Å². The Bertz CT molecular complexity index is 1610. The molecule has 4 aromatic rings. The van der Waals surface area contributed by atoms with Gasteiger partial charge in [0.25, 0.3) is 11.5 Å². The van der Waals surface area contributed by atoms with Gasteiger partial charge in [0.1, 0.15) is 11.6 Å². The van der Waals surface area contributed by atoms with E-state index in [1.165, 1.54) is 30.1 Å². The van der Waals surface area contributed by atoms with Gasteiger partial charge in [-0.05, 0) is 31.9 Å². The number of amides is 1. The van der Waals surface area contributed by atoms with Crippen LogP contribution in [0.2, 0.25) is 0 Å². The highest BCUT2D eigenvalue weighted by molar-refractivity contribution is 6.01. The Labute approximate surface area is 197 Å². The first-order chi connectivity index (χ1) is 16.9. The molecule has 1 saturated heterocycles. The molecule has 2 N–H and O–H groups in total. The Morgan fingerprint density at radius 2 is 1.89 bits per heavy atom. The number of aliphatic hydroxyl groups excluding tert-OH is 1. The van der Waals surface area contributed by atoms with Crippen molar-refractivity contribution in [3.8, 4) is 11.3 Å². The molecule has 5 heterocycles. The third-order valence-electron chi connectivity index (χ3n) is 6.14. The minimum absolute atomic E-state index is 0.0162. The first-order valence-corrected chi connectivity index (χ1v) is 11.0. The van der Waals surface area contributed by atoms with Gasteiger partial charge < -0.3 is 14.9 Å². The molecule has 176 valence electrons. The number of aromatic nitrogens is 6. The first kappa shape index (κ1) is 22.3. The zero-order chi connectivity index (χ0) is 24.7. The second kappa shape index (κ2) is 8.69. The Kier molecular flexibility index (Phi) is 5.54. The van der Waals surface area contributed by atoms with Crippen LogP contribution in [-0.4, -0.2) is 64.6 Å². The maximum absolute atomic E-state index is 13.0. The fourth-order valence-corrected chi connectivity index (χ4v) is 4.42. The Balaban J connectivity index is 1.66. The fourth-order valence-electron chi connectivity index (χ4n) is 4.42. The van der Waals surface area contributed by atoms with E-state index in [4.69, 9.17) is 11.6 Å². The lowest BCUT2D eigenvalue weighted by Gasteiger charge is -2.34. The predicted molar refractivity (Wildman–Crippen MR) is 126 cm³/mol. The number of nitrogens with zero attached hydrogens (tertiary/aromatic N) is 7. The highest BCUT2D eigenvalue weighted by Gasteiger charge is 2.28. The minimum Gasteiger partial charge on any atom is -0.394 e. The summed E-state index contributed by atoms with van der Waals surface area (Å²) in [4.78, 5) is 62.0. The number of piperidine rings is 1. The average molecular weight is 472 g/mol. The number of carbonyl (C=O) groups is 1. The van der Waals surface area contributed by atoms with E-state index in [0.29, 0.717) is 53.7 Å². The second-order valence-corrected chi connectivity index (χ2v) is 8.33. The van der Waals surface area contributed by atoms with E-state index in [0.717, 1.165) is 0 Å². The van der Waals surface area contributed by atoms with Gasteiger partial charge in [-0.1, -0.05) is 0 Å². The van der Waals surface area contributed by atoms with Gasteiger partial charge in [0.2, 0.25) is 0 Å². The van der Waals surface area contributed by atoms with Crippen LogP contribution in [0.15, 0.2) is 40.3 Å². The molecular weight excluding hydrogens is 452 g/mol. The highest BCUT2D eigenvalue weighted by Crippen LogP contribution is 2.29. The van der Waals surface area contributed by atoms with Gasteiger partial charge in [0.15, 0.2) is 0 Å². The molecule has 0 unspecified atom stereocenters. The van der Waals surface area contributed by atoms with Crippen molar-refractivity contribution in [3.05, 3.63) is 63.0 Å². The molecule has 35 heavy (non-hydrogen) atoms. The maximum atomic E-state index is 13.0. The van der Waals surface area contributed by atoms with Crippen LogP contribution in [0.25, 0.3) is 38.0 Å². The van der Waals surface area contributed by atoms with Crippen molar-refractivity contribution in [1.82, 2.24) is 34.4 Å². The van der Waals surface area contributed by atoms with E-state index in [9.17, 15) is 19.5 Å². The zero-order valence-electron chi connectivity index (χ0n) is 18.7. The van der Waals surface area contributed by atoms with Gasteiger partial charge in [0, 0.05) is 25.3 Å². The van der Waals surface area contributed by atoms with Crippen molar-refractivity contribution in [2.45, 2.75) is 31.9 Å². The molecule has 0 bridgehead atoms. The van der Waals surface area contributed by atoms with E-state index in [-0.39, 0.29) is 23.3 Å². The number of aromatic amines is 1. The van der Waals surface area contributed by atoms with Crippen LogP contribution in [0.3, 0.4) is 0 Å². The monoisotopic (exact) mass is 472 g/mol. The molecular formula is C23H20N8O4. The topological polar surface area (TPSA) is 151 Å². The van der Waals surface area contributed by atoms with E-state index in [1.54, 1.807) is 17.0 Å². The molecule has 1 amide bonds. The van der Waals surface area contributed by atoms with Crippen LogP contribution in [-0.2, 0) is 4.79 Å². The summed E-state index contributed by atoms with van der Waals surface area (Å²) in [7, 11) is 0. The lowest BCUT2D eigenvalue weighted by atomic mass is 10.0. The molecule has 12 heteroatoms. The van der Waals surface area contributed by atoms with E-state index in [2.05, 4.69) is 24.8 Å². The van der Waals surface area contributed by atoms with Crippen LogP contribution >= 0.6 is 0 Å². The molecule has 0 radical (unpaired) electrons. The van der Waals surface area contributed by atoms with E-state index in [1.807, 2.05) is 0 Å². The molecule has 1 fully saturated rings. The zero-order valence-corrected chi connectivity index (χ0v) is 18.7. The summed E-state index contributed by atoms with van der Waals surface area (Å²) in [6.07, 6.45) is 4.25. The Hall–Kier alpha value is -4.50. The molecule has 0 aliphatic carbocycles. The van der Waals surface area contributed by atoms with Gasteiger partial charge in [-0.2, -0.15) is 9.97 Å². The number of nitrogens with one attached hydrogen (secondary N) is 1. The molecule has 12 nitrogen and oxygen atoms in total. The van der Waals surface area contributed by atoms with E-state index < -0.39 is 17.4 Å². The van der Waals surface area contributed by atoms with Crippen LogP contribution in [0, 0.1) is 6.57 Å². The lowest BCUT2D eigenvalue weighted by Crippen LogP contribution is -2.45. The Morgan fingerprint density at radius 3 is 2.54 bits per heavy atom. The molecule has 1 atom stereocenters. The van der Waals surface area contributed by atoms with E-state index >= 15 is 0 Å². The van der Waals surface area contributed by atoms with Gasteiger partial charge in [-0.25, -0.2) is 9.78 Å². The summed E-state index contributed by atoms with van der Waals surface area (Å²) in [6.45, 7) is 9.18. The predicted octanol–water partition coefficient (Wildman–Crippen LogP) is 1.19. The van der Waals surface area contributed by atoms with Gasteiger partial charge in [0.05, 0.1) is 40.1 Å². The molecule has 0 saturated carbocycles. The third kappa shape index (κ3) is 3.91. The molecule has 1 aliphatic rings. The number of likely N-dealkylation sites (tertiary alicyclic amines) is 1. The normalized spacial score (nSPS) is 15.3. The molecule has 0 aromatic carbocycles. The SMILES string of the molecule is [C-]#[N+]c1ncc(-c2ccc3ncc4c(=O)[nH]c(=O)n(C5CCN(C(=O)[C@H](C)O)CC5)c4c3n2)cn1. The quantitative estimate of drug-likeness (QED) is 0.333. The van der Waals surface area contributed by atoms with Gasteiger partial charge in [-0.3, -0.25) is 24.1 Å². The molecule has 5 rings (SSSR count). The first-order valence-electron chi connectivity index (χ1n) is 11.0. The maximum Gasteiger partial charge on any atom is 0.371 e.